The quantitative estimate of drug-likeness (QED) is 0.503. The van der Waals surface area contributed by atoms with Crippen molar-refractivity contribution in [2.75, 3.05) is 11.7 Å². The van der Waals surface area contributed by atoms with E-state index in [4.69, 9.17) is 5.84 Å². The highest BCUT2D eigenvalue weighted by atomic mass is 32.2. The van der Waals surface area contributed by atoms with Gasteiger partial charge in [0.25, 0.3) is 0 Å². The van der Waals surface area contributed by atoms with Crippen molar-refractivity contribution in [3.8, 4) is 0 Å². The van der Waals surface area contributed by atoms with Crippen molar-refractivity contribution in [3.05, 3.63) is 36.2 Å². The lowest BCUT2D eigenvalue weighted by Gasteiger charge is -2.08. The average Bonchev–Trinajstić information content (AvgIpc) is 2.41. The van der Waals surface area contributed by atoms with E-state index in [0.29, 0.717) is 10.7 Å². The topological polar surface area (TPSA) is 98.0 Å². The summed E-state index contributed by atoms with van der Waals surface area (Å²) in [4.78, 5) is 9.38. The molecule has 0 fully saturated rings. The van der Waals surface area contributed by atoms with E-state index in [9.17, 15) is 8.42 Å². The summed E-state index contributed by atoms with van der Waals surface area (Å²) in [6, 6.07) is 6.66. The summed E-state index contributed by atoms with van der Waals surface area (Å²) < 4.78 is 22.8. The summed E-state index contributed by atoms with van der Waals surface area (Å²) >= 11 is 1.42. The number of aromatic nitrogens is 2. The number of rotatable bonds is 4. The fraction of sp³-hybridized carbons (Fsp3) is 0.167. The Hall–Kier alpha value is -1.64. The molecular weight excluding hydrogens is 296 g/mol. The average molecular weight is 310 g/mol. The van der Waals surface area contributed by atoms with Crippen molar-refractivity contribution >= 4 is 27.4 Å². The highest BCUT2D eigenvalue weighted by Crippen LogP contribution is 2.30. The van der Waals surface area contributed by atoms with Crippen molar-refractivity contribution in [3.63, 3.8) is 0 Å². The molecule has 6 nitrogen and oxygen atoms in total. The number of hydrogen-bond donors (Lipinski definition) is 2. The van der Waals surface area contributed by atoms with Gasteiger partial charge in [-0.1, -0.05) is 11.8 Å². The number of hydrazine groups is 1. The second kappa shape index (κ2) is 5.78. The lowest BCUT2D eigenvalue weighted by atomic mass is 10.3. The molecule has 0 aliphatic rings. The highest BCUT2D eigenvalue weighted by Gasteiger charge is 2.10. The van der Waals surface area contributed by atoms with Crippen LogP contribution in [0.1, 0.15) is 5.56 Å². The molecule has 0 unspecified atom stereocenters. The molecule has 1 aromatic heterocycles. The van der Waals surface area contributed by atoms with Crippen LogP contribution in [0.5, 0.6) is 0 Å². The number of sulfone groups is 1. The Kier molecular flexibility index (Phi) is 4.26. The summed E-state index contributed by atoms with van der Waals surface area (Å²) in [5.74, 6) is 5.93. The Morgan fingerprint density at radius 1 is 1.20 bits per heavy atom. The van der Waals surface area contributed by atoms with Gasteiger partial charge in [0.2, 0.25) is 0 Å². The summed E-state index contributed by atoms with van der Waals surface area (Å²) in [6.45, 7) is 1.86. The van der Waals surface area contributed by atoms with Crippen LogP contribution in [0, 0.1) is 6.92 Å². The molecule has 8 heteroatoms. The molecule has 3 N–H and O–H groups in total. The fourth-order valence-electron chi connectivity index (χ4n) is 1.55. The largest absolute Gasteiger partial charge is 0.308 e. The monoisotopic (exact) mass is 310 g/mol. The number of nitrogens with one attached hydrogen (secondary N) is 1. The first-order valence-electron chi connectivity index (χ1n) is 5.68. The first-order valence-corrected chi connectivity index (χ1v) is 8.39. The van der Waals surface area contributed by atoms with E-state index in [1.54, 1.807) is 24.3 Å². The smallest absolute Gasteiger partial charge is 0.175 e. The second-order valence-corrected chi connectivity index (χ2v) is 7.22. The third kappa shape index (κ3) is 3.27. The molecule has 2 aromatic rings. The molecule has 0 saturated heterocycles. The molecule has 20 heavy (non-hydrogen) atoms. The van der Waals surface area contributed by atoms with E-state index in [0.717, 1.165) is 15.5 Å². The van der Waals surface area contributed by atoms with Crippen molar-refractivity contribution in [2.24, 2.45) is 5.84 Å². The van der Waals surface area contributed by atoms with Gasteiger partial charge in [-0.3, -0.25) is 0 Å². The van der Waals surface area contributed by atoms with Crippen LogP contribution in [-0.4, -0.2) is 24.6 Å². The zero-order valence-corrected chi connectivity index (χ0v) is 12.6. The van der Waals surface area contributed by atoms with Gasteiger partial charge in [-0.05, 0) is 31.2 Å². The fourth-order valence-corrected chi connectivity index (χ4v) is 3.02. The third-order valence-electron chi connectivity index (χ3n) is 2.64. The van der Waals surface area contributed by atoms with Gasteiger partial charge in [0.15, 0.2) is 9.84 Å². The van der Waals surface area contributed by atoms with E-state index in [-0.39, 0.29) is 0 Å². The van der Waals surface area contributed by atoms with Crippen LogP contribution in [-0.2, 0) is 9.84 Å². The molecule has 0 atom stereocenters. The van der Waals surface area contributed by atoms with Crippen LogP contribution in [0.2, 0.25) is 0 Å². The summed E-state index contributed by atoms with van der Waals surface area (Å²) in [5.41, 5.74) is 3.35. The minimum Gasteiger partial charge on any atom is -0.308 e. The standard InChI is InChI=1S/C12H14N4O2S2/c1-8-11(16-13)14-7-15-12(8)19-9-3-5-10(6-4-9)20(2,17)18/h3-7H,13H2,1-2H3,(H,14,15,16). The molecule has 0 radical (unpaired) electrons. The molecule has 0 amide bonds. The predicted octanol–water partition coefficient (Wildman–Crippen LogP) is 1.63. The zero-order valence-electron chi connectivity index (χ0n) is 11.0. The minimum atomic E-state index is -3.17. The first-order chi connectivity index (χ1) is 9.41. The van der Waals surface area contributed by atoms with E-state index < -0.39 is 9.84 Å². The number of anilines is 1. The van der Waals surface area contributed by atoms with Crippen LogP contribution in [0.15, 0.2) is 45.4 Å². The van der Waals surface area contributed by atoms with Crippen LogP contribution in [0.3, 0.4) is 0 Å². The number of nitrogens with zero attached hydrogens (tertiary/aromatic N) is 2. The Labute approximate surface area is 121 Å². The second-order valence-electron chi connectivity index (χ2n) is 4.14. The number of benzene rings is 1. The van der Waals surface area contributed by atoms with Crippen LogP contribution in [0.25, 0.3) is 0 Å². The van der Waals surface area contributed by atoms with E-state index in [1.165, 1.54) is 24.3 Å². The van der Waals surface area contributed by atoms with Crippen molar-refractivity contribution in [1.82, 2.24) is 9.97 Å². The van der Waals surface area contributed by atoms with Crippen LogP contribution in [0.4, 0.5) is 5.82 Å². The molecule has 0 saturated carbocycles. The van der Waals surface area contributed by atoms with Gasteiger partial charge in [-0.15, -0.1) is 0 Å². The van der Waals surface area contributed by atoms with Crippen molar-refractivity contribution in [1.29, 1.82) is 0 Å². The third-order valence-corrected chi connectivity index (χ3v) is 4.88. The molecule has 1 heterocycles. The van der Waals surface area contributed by atoms with Crippen molar-refractivity contribution < 1.29 is 8.42 Å². The Morgan fingerprint density at radius 2 is 1.85 bits per heavy atom. The van der Waals surface area contributed by atoms with Gasteiger partial charge < -0.3 is 5.43 Å². The maximum Gasteiger partial charge on any atom is 0.175 e. The Morgan fingerprint density at radius 3 is 2.40 bits per heavy atom. The molecule has 0 aliphatic heterocycles. The maximum absolute atomic E-state index is 11.4. The van der Waals surface area contributed by atoms with Gasteiger partial charge >= 0.3 is 0 Å². The SMILES string of the molecule is Cc1c(NN)ncnc1Sc1ccc(S(C)(=O)=O)cc1. The minimum absolute atomic E-state index is 0.297. The van der Waals surface area contributed by atoms with Gasteiger partial charge in [0.05, 0.1) is 4.90 Å². The van der Waals surface area contributed by atoms with Gasteiger partial charge in [0.1, 0.15) is 17.2 Å². The molecule has 106 valence electrons. The molecule has 0 spiro atoms. The molecule has 2 rings (SSSR count). The van der Waals surface area contributed by atoms with Gasteiger partial charge in [-0.25, -0.2) is 24.2 Å². The van der Waals surface area contributed by atoms with E-state index in [1.807, 2.05) is 6.92 Å². The lowest BCUT2D eigenvalue weighted by molar-refractivity contribution is 0.602. The normalized spacial score (nSPS) is 11.3. The van der Waals surface area contributed by atoms with Gasteiger partial charge in [0, 0.05) is 16.7 Å². The summed E-state index contributed by atoms with van der Waals surface area (Å²) in [7, 11) is -3.17. The van der Waals surface area contributed by atoms with Crippen LogP contribution >= 0.6 is 11.8 Å². The number of hydrogen-bond acceptors (Lipinski definition) is 7. The van der Waals surface area contributed by atoms with Crippen LogP contribution < -0.4 is 11.3 Å². The van der Waals surface area contributed by atoms with Crippen molar-refractivity contribution in [2.45, 2.75) is 21.7 Å². The molecular formula is C12H14N4O2S2. The number of nitrogen functional groups attached to an aromatic ring is 1. The summed E-state index contributed by atoms with van der Waals surface area (Å²) in [5, 5.41) is 0.764. The summed E-state index contributed by atoms with van der Waals surface area (Å²) in [6.07, 6.45) is 2.61. The Balaban J connectivity index is 2.27. The predicted molar refractivity (Wildman–Crippen MR) is 78.3 cm³/mol. The van der Waals surface area contributed by atoms with E-state index >= 15 is 0 Å². The first kappa shape index (κ1) is 14.8. The highest BCUT2D eigenvalue weighted by molar-refractivity contribution is 7.99. The Bertz CT molecular complexity index is 715. The molecule has 1 aromatic carbocycles. The zero-order chi connectivity index (χ0) is 14.8. The molecule has 0 bridgehead atoms. The number of nitrogens with two attached hydrogens (primary N) is 1. The van der Waals surface area contributed by atoms with E-state index in [2.05, 4.69) is 15.4 Å². The maximum atomic E-state index is 11.4. The lowest BCUT2D eigenvalue weighted by Crippen LogP contribution is -2.10. The van der Waals surface area contributed by atoms with Gasteiger partial charge in [-0.2, -0.15) is 0 Å². The molecule has 0 aliphatic carbocycles.